The molecular weight excluding hydrogens is 166 g/mol. The minimum absolute atomic E-state index is 0.104. The molecule has 0 radical (unpaired) electrons. The Kier molecular flexibility index (Phi) is 3.38. The quantitative estimate of drug-likeness (QED) is 0.703. The van der Waals surface area contributed by atoms with Gasteiger partial charge in [-0.2, -0.15) is 5.26 Å². The van der Waals surface area contributed by atoms with Crippen LogP contribution in [0.3, 0.4) is 0 Å². The summed E-state index contributed by atoms with van der Waals surface area (Å²) in [6.45, 7) is -0.104. The molecule has 0 bridgehead atoms. The van der Waals surface area contributed by atoms with Gasteiger partial charge in [-0.15, -0.1) is 0 Å². The van der Waals surface area contributed by atoms with Crippen molar-refractivity contribution in [2.45, 2.75) is 19.1 Å². The maximum Gasteiger partial charge on any atom is 0.0853 e. The van der Waals surface area contributed by atoms with Gasteiger partial charge in [-0.1, -0.05) is 6.07 Å². The van der Waals surface area contributed by atoms with Gasteiger partial charge in [0.2, 0.25) is 0 Å². The molecule has 68 valence electrons. The van der Waals surface area contributed by atoms with Crippen LogP contribution in [0.15, 0.2) is 18.2 Å². The SMILES string of the molecule is N#CCC(N)c1cccc(CO)n1. The number of hydrogen-bond donors (Lipinski definition) is 2. The first-order valence-electron chi connectivity index (χ1n) is 3.97. The molecule has 13 heavy (non-hydrogen) atoms. The molecule has 1 atom stereocenters. The van der Waals surface area contributed by atoms with Crippen LogP contribution in [-0.4, -0.2) is 10.1 Å². The van der Waals surface area contributed by atoms with Crippen LogP contribution in [0.4, 0.5) is 0 Å². The van der Waals surface area contributed by atoms with Crippen LogP contribution in [0.25, 0.3) is 0 Å². The molecule has 1 aromatic heterocycles. The van der Waals surface area contributed by atoms with E-state index in [1.807, 2.05) is 6.07 Å². The van der Waals surface area contributed by atoms with Gasteiger partial charge in [0.25, 0.3) is 0 Å². The zero-order chi connectivity index (χ0) is 9.68. The highest BCUT2D eigenvalue weighted by Gasteiger charge is 2.06. The molecule has 1 aromatic rings. The third kappa shape index (κ3) is 2.51. The maximum absolute atomic E-state index is 8.81. The van der Waals surface area contributed by atoms with Crippen LogP contribution in [-0.2, 0) is 6.61 Å². The molecule has 4 nitrogen and oxygen atoms in total. The van der Waals surface area contributed by atoms with Crippen molar-refractivity contribution in [2.75, 3.05) is 0 Å². The van der Waals surface area contributed by atoms with Gasteiger partial charge in [-0.3, -0.25) is 4.98 Å². The first-order valence-corrected chi connectivity index (χ1v) is 3.97. The third-order valence-corrected chi connectivity index (χ3v) is 1.68. The van der Waals surface area contributed by atoms with Crippen molar-refractivity contribution < 1.29 is 5.11 Å². The number of aliphatic hydroxyl groups excluding tert-OH is 1. The van der Waals surface area contributed by atoms with E-state index in [2.05, 4.69) is 4.98 Å². The fourth-order valence-electron chi connectivity index (χ4n) is 0.996. The molecule has 0 spiro atoms. The van der Waals surface area contributed by atoms with Gasteiger partial charge in [0.1, 0.15) is 0 Å². The summed E-state index contributed by atoms with van der Waals surface area (Å²) in [5.74, 6) is 0. The van der Waals surface area contributed by atoms with Gasteiger partial charge in [0.15, 0.2) is 0 Å². The number of nitrogens with zero attached hydrogens (tertiary/aromatic N) is 2. The zero-order valence-electron chi connectivity index (χ0n) is 7.14. The molecular formula is C9H11N3O. The summed E-state index contributed by atoms with van der Waals surface area (Å²) in [5, 5.41) is 17.2. The minimum atomic E-state index is -0.364. The molecule has 0 aliphatic rings. The number of rotatable bonds is 3. The van der Waals surface area contributed by atoms with E-state index in [0.29, 0.717) is 11.4 Å². The summed E-state index contributed by atoms with van der Waals surface area (Å²) in [6.07, 6.45) is 0.238. The predicted octanol–water partition coefficient (Wildman–Crippen LogP) is 0.487. The molecule has 3 N–H and O–H groups in total. The van der Waals surface area contributed by atoms with Crippen molar-refractivity contribution >= 4 is 0 Å². The second-order valence-corrected chi connectivity index (χ2v) is 2.68. The normalized spacial score (nSPS) is 12.1. The predicted molar refractivity (Wildman–Crippen MR) is 47.3 cm³/mol. The van der Waals surface area contributed by atoms with E-state index in [0.717, 1.165) is 0 Å². The molecule has 0 saturated carbocycles. The third-order valence-electron chi connectivity index (χ3n) is 1.68. The van der Waals surface area contributed by atoms with Crippen molar-refractivity contribution in [3.8, 4) is 6.07 Å². The molecule has 1 rings (SSSR count). The Hall–Kier alpha value is -1.44. The Balaban J connectivity index is 2.83. The Labute approximate surface area is 76.6 Å². The number of nitriles is 1. The summed E-state index contributed by atoms with van der Waals surface area (Å²) in [7, 11) is 0. The lowest BCUT2D eigenvalue weighted by atomic mass is 10.1. The topological polar surface area (TPSA) is 82.9 Å². The highest BCUT2D eigenvalue weighted by molar-refractivity contribution is 5.14. The lowest BCUT2D eigenvalue weighted by Gasteiger charge is -2.07. The van der Waals surface area contributed by atoms with E-state index in [-0.39, 0.29) is 19.1 Å². The van der Waals surface area contributed by atoms with E-state index in [9.17, 15) is 0 Å². The molecule has 1 unspecified atom stereocenters. The maximum atomic E-state index is 8.81. The summed E-state index contributed by atoms with van der Waals surface area (Å²) >= 11 is 0. The lowest BCUT2D eigenvalue weighted by molar-refractivity contribution is 0.276. The average molecular weight is 177 g/mol. The second-order valence-electron chi connectivity index (χ2n) is 2.68. The monoisotopic (exact) mass is 177 g/mol. The average Bonchev–Trinajstić information content (AvgIpc) is 2.18. The van der Waals surface area contributed by atoms with Gasteiger partial charge < -0.3 is 10.8 Å². The van der Waals surface area contributed by atoms with Gasteiger partial charge in [0, 0.05) is 0 Å². The molecule has 1 heterocycles. The molecule has 0 fully saturated rings. The lowest BCUT2D eigenvalue weighted by Crippen LogP contribution is -2.11. The van der Waals surface area contributed by atoms with E-state index in [1.165, 1.54) is 0 Å². The molecule has 0 amide bonds. The minimum Gasteiger partial charge on any atom is -0.390 e. The number of hydrogen-bond acceptors (Lipinski definition) is 4. The molecule has 0 aliphatic carbocycles. The van der Waals surface area contributed by atoms with Crippen molar-refractivity contribution in [1.82, 2.24) is 4.98 Å². The number of pyridine rings is 1. The molecule has 4 heteroatoms. The Morgan fingerprint density at radius 1 is 1.62 bits per heavy atom. The largest absolute Gasteiger partial charge is 0.390 e. The molecule has 0 saturated heterocycles. The van der Waals surface area contributed by atoms with E-state index in [1.54, 1.807) is 18.2 Å². The molecule has 0 aliphatic heterocycles. The van der Waals surface area contributed by atoms with Crippen molar-refractivity contribution in [3.05, 3.63) is 29.6 Å². The Bertz CT molecular complexity index is 319. The van der Waals surface area contributed by atoms with Crippen LogP contribution >= 0.6 is 0 Å². The summed E-state index contributed by atoms with van der Waals surface area (Å²) in [4.78, 5) is 4.08. The van der Waals surface area contributed by atoms with Crippen LogP contribution in [0.2, 0.25) is 0 Å². The summed E-state index contributed by atoms with van der Waals surface area (Å²) in [5.41, 5.74) is 6.88. The van der Waals surface area contributed by atoms with E-state index in [4.69, 9.17) is 16.1 Å². The Morgan fingerprint density at radius 2 is 2.38 bits per heavy atom. The van der Waals surface area contributed by atoms with Gasteiger partial charge in [-0.25, -0.2) is 0 Å². The van der Waals surface area contributed by atoms with E-state index < -0.39 is 0 Å². The zero-order valence-corrected chi connectivity index (χ0v) is 7.14. The molecule has 0 aromatic carbocycles. The van der Waals surface area contributed by atoms with Crippen molar-refractivity contribution in [2.24, 2.45) is 5.73 Å². The number of aromatic nitrogens is 1. The summed E-state index contributed by atoms with van der Waals surface area (Å²) < 4.78 is 0. The van der Waals surface area contributed by atoms with Crippen LogP contribution < -0.4 is 5.73 Å². The smallest absolute Gasteiger partial charge is 0.0853 e. The highest BCUT2D eigenvalue weighted by atomic mass is 16.3. The fourth-order valence-corrected chi connectivity index (χ4v) is 0.996. The second kappa shape index (κ2) is 4.55. The van der Waals surface area contributed by atoms with Gasteiger partial charge in [0.05, 0.1) is 36.5 Å². The number of aliphatic hydroxyl groups is 1. The van der Waals surface area contributed by atoms with Crippen molar-refractivity contribution in [3.63, 3.8) is 0 Å². The van der Waals surface area contributed by atoms with Gasteiger partial charge in [-0.05, 0) is 12.1 Å². The first kappa shape index (κ1) is 9.65. The van der Waals surface area contributed by atoms with Crippen LogP contribution in [0, 0.1) is 11.3 Å². The van der Waals surface area contributed by atoms with Gasteiger partial charge >= 0.3 is 0 Å². The highest BCUT2D eigenvalue weighted by Crippen LogP contribution is 2.10. The van der Waals surface area contributed by atoms with E-state index >= 15 is 0 Å². The van der Waals surface area contributed by atoms with Crippen LogP contribution in [0.5, 0.6) is 0 Å². The first-order chi connectivity index (χ1) is 6.27. The summed E-state index contributed by atoms with van der Waals surface area (Å²) in [6, 6.07) is 6.84. The number of nitrogens with two attached hydrogens (primary N) is 1. The van der Waals surface area contributed by atoms with Crippen molar-refractivity contribution in [1.29, 1.82) is 5.26 Å². The van der Waals surface area contributed by atoms with Crippen LogP contribution in [0.1, 0.15) is 23.9 Å². The fraction of sp³-hybridized carbons (Fsp3) is 0.333. The standard InChI is InChI=1S/C9H11N3O/c10-5-4-8(11)9-3-1-2-7(6-13)12-9/h1-3,8,13H,4,6,11H2. The Morgan fingerprint density at radius 3 is 3.00 bits per heavy atom.